The molecule has 1 N–H and O–H groups in total. The number of anilines is 1. The highest BCUT2D eigenvalue weighted by molar-refractivity contribution is 7.94. The molecule has 0 radical (unpaired) electrons. The fraction of sp³-hybridized carbons (Fsp3) is 0.154. The van der Waals surface area contributed by atoms with Crippen molar-refractivity contribution >= 4 is 33.0 Å². The Hall–Kier alpha value is -1.86. The molecule has 0 aliphatic carbocycles. The lowest BCUT2D eigenvalue weighted by atomic mass is 10.1. The minimum Gasteiger partial charge on any atom is -0.345 e. The van der Waals surface area contributed by atoms with E-state index in [9.17, 15) is 13.2 Å². The Morgan fingerprint density at radius 1 is 1.15 bits per heavy atom. The van der Waals surface area contributed by atoms with Gasteiger partial charge in [-0.2, -0.15) is 0 Å². The number of sulfonamides is 1. The summed E-state index contributed by atoms with van der Waals surface area (Å²) in [5.41, 5.74) is 0.595. The first-order chi connectivity index (χ1) is 9.42. The fourth-order valence-electron chi connectivity index (χ4n) is 1.61. The van der Waals surface area contributed by atoms with Crippen molar-refractivity contribution in [1.82, 2.24) is 4.90 Å². The van der Waals surface area contributed by atoms with Gasteiger partial charge in [-0.25, -0.2) is 8.42 Å². The molecule has 0 atom stereocenters. The Bertz CT molecular complexity index is 707. The van der Waals surface area contributed by atoms with Crippen LogP contribution in [0.25, 0.3) is 0 Å². The number of nitrogens with one attached hydrogen (secondary N) is 1. The van der Waals surface area contributed by atoms with Crippen LogP contribution in [0.15, 0.2) is 46.0 Å². The van der Waals surface area contributed by atoms with Crippen LogP contribution in [0.4, 0.5) is 5.69 Å². The third kappa shape index (κ3) is 3.00. The van der Waals surface area contributed by atoms with Crippen LogP contribution in [0.2, 0.25) is 0 Å². The van der Waals surface area contributed by atoms with Gasteiger partial charge in [-0.05, 0) is 23.6 Å². The number of amides is 1. The van der Waals surface area contributed by atoms with Gasteiger partial charge in [-0.3, -0.25) is 9.52 Å². The molecule has 0 saturated carbocycles. The van der Waals surface area contributed by atoms with Gasteiger partial charge >= 0.3 is 0 Å². The fourth-order valence-corrected chi connectivity index (χ4v) is 3.68. The van der Waals surface area contributed by atoms with Gasteiger partial charge in [-0.1, -0.05) is 18.2 Å². The van der Waals surface area contributed by atoms with Crippen molar-refractivity contribution in [3.05, 3.63) is 47.3 Å². The maximum absolute atomic E-state index is 12.2. The molecule has 0 aliphatic heterocycles. The molecule has 7 heteroatoms. The SMILES string of the molecule is CN(C)C(=O)c1ccccc1NS(=O)(=O)c1cccs1. The predicted molar refractivity (Wildman–Crippen MR) is 79.6 cm³/mol. The zero-order valence-electron chi connectivity index (χ0n) is 11.0. The van der Waals surface area contributed by atoms with Crippen molar-refractivity contribution in [3.63, 3.8) is 0 Å². The summed E-state index contributed by atoms with van der Waals surface area (Å²) in [5, 5.41) is 1.69. The number of hydrogen-bond acceptors (Lipinski definition) is 4. The molecule has 0 aliphatic rings. The number of nitrogens with zero attached hydrogens (tertiary/aromatic N) is 1. The monoisotopic (exact) mass is 310 g/mol. The van der Waals surface area contributed by atoms with E-state index in [1.54, 1.807) is 49.8 Å². The van der Waals surface area contributed by atoms with E-state index in [1.807, 2.05) is 0 Å². The van der Waals surface area contributed by atoms with Gasteiger partial charge in [0.15, 0.2) is 0 Å². The van der Waals surface area contributed by atoms with E-state index in [0.717, 1.165) is 11.3 Å². The van der Waals surface area contributed by atoms with E-state index in [0.29, 0.717) is 5.56 Å². The number of para-hydroxylation sites is 1. The van der Waals surface area contributed by atoms with Crippen molar-refractivity contribution in [1.29, 1.82) is 0 Å². The Morgan fingerprint density at radius 2 is 1.85 bits per heavy atom. The highest BCUT2D eigenvalue weighted by atomic mass is 32.2. The average Bonchev–Trinajstić information content (AvgIpc) is 2.92. The summed E-state index contributed by atoms with van der Waals surface area (Å²) in [6.45, 7) is 0. The molecule has 2 rings (SSSR count). The third-order valence-corrected chi connectivity index (χ3v) is 5.33. The van der Waals surface area contributed by atoms with Crippen LogP contribution in [-0.2, 0) is 10.0 Å². The maximum Gasteiger partial charge on any atom is 0.271 e. The molecule has 0 spiro atoms. The second-order valence-electron chi connectivity index (χ2n) is 4.28. The molecule has 0 fully saturated rings. The summed E-state index contributed by atoms with van der Waals surface area (Å²) >= 11 is 1.12. The van der Waals surface area contributed by atoms with Crippen LogP contribution >= 0.6 is 11.3 Å². The van der Waals surface area contributed by atoms with Gasteiger partial charge in [0.2, 0.25) is 0 Å². The number of thiophene rings is 1. The van der Waals surface area contributed by atoms with Crippen LogP contribution in [0.5, 0.6) is 0 Å². The highest BCUT2D eigenvalue weighted by Gasteiger charge is 2.19. The van der Waals surface area contributed by atoms with E-state index in [1.165, 1.54) is 11.0 Å². The number of carbonyl (C=O) groups excluding carboxylic acids is 1. The van der Waals surface area contributed by atoms with Crippen molar-refractivity contribution in [2.24, 2.45) is 0 Å². The molecule has 1 amide bonds. The summed E-state index contributed by atoms with van der Waals surface area (Å²) in [7, 11) is -0.418. The van der Waals surface area contributed by atoms with Gasteiger partial charge in [0.1, 0.15) is 4.21 Å². The molecule has 106 valence electrons. The van der Waals surface area contributed by atoms with E-state index >= 15 is 0 Å². The molecule has 20 heavy (non-hydrogen) atoms. The summed E-state index contributed by atoms with van der Waals surface area (Å²) in [4.78, 5) is 13.4. The average molecular weight is 310 g/mol. The molecular weight excluding hydrogens is 296 g/mol. The molecule has 2 aromatic rings. The molecule has 0 saturated heterocycles. The summed E-state index contributed by atoms with van der Waals surface area (Å²) in [6, 6.07) is 9.72. The third-order valence-electron chi connectivity index (χ3n) is 2.57. The van der Waals surface area contributed by atoms with Crippen LogP contribution in [0, 0.1) is 0 Å². The maximum atomic E-state index is 12.2. The van der Waals surface area contributed by atoms with Gasteiger partial charge in [0.25, 0.3) is 15.9 Å². The lowest BCUT2D eigenvalue weighted by Crippen LogP contribution is -2.24. The minimum absolute atomic E-state index is 0.213. The zero-order chi connectivity index (χ0) is 14.8. The Morgan fingerprint density at radius 3 is 2.45 bits per heavy atom. The Balaban J connectivity index is 2.38. The minimum atomic E-state index is -3.65. The summed E-state index contributed by atoms with van der Waals surface area (Å²) in [6.07, 6.45) is 0. The van der Waals surface area contributed by atoms with Crippen molar-refractivity contribution in [2.45, 2.75) is 4.21 Å². The van der Waals surface area contributed by atoms with Gasteiger partial charge in [-0.15, -0.1) is 11.3 Å². The lowest BCUT2D eigenvalue weighted by molar-refractivity contribution is 0.0828. The van der Waals surface area contributed by atoms with Gasteiger partial charge < -0.3 is 4.90 Å². The van der Waals surface area contributed by atoms with Crippen LogP contribution in [0.1, 0.15) is 10.4 Å². The largest absolute Gasteiger partial charge is 0.345 e. The van der Waals surface area contributed by atoms with E-state index in [4.69, 9.17) is 0 Å². The van der Waals surface area contributed by atoms with Crippen LogP contribution in [0.3, 0.4) is 0 Å². The van der Waals surface area contributed by atoms with E-state index in [2.05, 4.69) is 4.72 Å². The first kappa shape index (κ1) is 14.5. The van der Waals surface area contributed by atoms with Crippen LogP contribution in [-0.4, -0.2) is 33.3 Å². The molecule has 0 unspecified atom stereocenters. The van der Waals surface area contributed by atoms with Crippen molar-refractivity contribution in [3.8, 4) is 0 Å². The number of hydrogen-bond donors (Lipinski definition) is 1. The normalized spacial score (nSPS) is 11.1. The summed E-state index contributed by atoms with van der Waals surface area (Å²) < 4.78 is 27.0. The second-order valence-corrected chi connectivity index (χ2v) is 7.14. The van der Waals surface area contributed by atoms with E-state index < -0.39 is 10.0 Å². The standard InChI is InChI=1S/C13H14N2O3S2/c1-15(2)13(16)10-6-3-4-7-11(10)14-20(17,18)12-8-5-9-19-12/h3-9,14H,1-2H3. The second kappa shape index (κ2) is 5.64. The van der Waals surface area contributed by atoms with Crippen molar-refractivity contribution in [2.75, 3.05) is 18.8 Å². The Kier molecular flexibility index (Phi) is 4.10. The molecule has 5 nitrogen and oxygen atoms in total. The smallest absolute Gasteiger partial charge is 0.271 e. The van der Waals surface area contributed by atoms with Crippen molar-refractivity contribution < 1.29 is 13.2 Å². The molecule has 0 bridgehead atoms. The first-order valence-electron chi connectivity index (χ1n) is 5.79. The molecule has 1 heterocycles. The molecular formula is C13H14N2O3S2. The first-order valence-corrected chi connectivity index (χ1v) is 8.15. The number of rotatable bonds is 4. The van der Waals surface area contributed by atoms with Gasteiger partial charge in [0.05, 0.1) is 11.3 Å². The highest BCUT2D eigenvalue weighted by Crippen LogP contribution is 2.23. The predicted octanol–water partition coefficient (Wildman–Crippen LogP) is 2.25. The number of benzene rings is 1. The molecule has 1 aromatic carbocycles. The lowest BCUT2D eigenvalue weighted by Gasteiger charge is -2.15. The quantitative estimate of drug-likeness (QED) is 0.942. The van der Waals surface area contributed by atoms with E-state index in [-0.39, 0.29) is 15.8 Å². The zero-order valence-corrected chi connectivity index (χ0v) is 12.7. The topological polar surface area (TPSA) is 66.5 Å². The van der Waals surface area contributed by atoms with Crippen LogP contribution < -0.4 is 4.72 Å². The Labute approximate surface area is 121 Å². The summed E-state index contributed by atoms with van der Waals surface area (Å²) in [5.74, 6) is -0.255. The van der Waals surface area contributed by atoms with Gasteiger partial charge in [0, 0.05) is 14.1 Å². The number of carbonyl (C=O) groups is 1. The molecule has 1 aromatic heterocycles.